The van der Waals surface area contributed by atoms with Gasteiger partial charge < -0.3 is 9.47 Å². The van der Waals surface area contributed by atoms with Gasteiger partial charge in [0.15, 0.2) is 0 Å². The van der Waals surface area contributed by atoms with E-state index >= 15 is 0 Å². The highest BCUT2D eigenvalue weighted by atomic mass is 16.5. The molecule has 0 atom stereocenters. The third kappa shape index (κ3) is 3.83. The average Bonchev–Trinajstić information content (AvgIpc) is 2.64. The number of benzene rings is 2. The summed E-state index contributed by atoms with van der Waals surface area (Å²) in [5, 5.41) is 8.14. The van der Waals surface area contributed by atoms with Crippen LogP contribution in [0.25, 0.3) is 11.3 Å². The maximum Gasteiger partial charge on any atom is 0.344 e. The van der Waals surface area contributed by atoms with Crippen LogP contribution >= 0.6 is 0 Å². The first-order valence-corrected chi connectivity index (χ1v) is 7.84. The van der Waals surface area contributed by atoms with Gasteiger partial charge in [-0.05, 0) is 61.4 Å². The van der Waals surface area contributed by atoms with Crippen molar-refractivity contribution >= 4 is 5.97 Å². The number of esters is 1. The molecular formula is C20H18N2O3. The number of methoxy groups -OCH3 is 1. The molecule has 0 radical (unpaired) electrons. The fourth-order valence-electron chi connectivity index (χ4n) is 2.31. The number of rotatable bonds is 4. The number of nitrogens with zero attached hydrogens (tertiary/aromatic N) is 2. The minimum Gasteiger partial charge on any atom is -0.497 e. The van der Waals surface area contributed by atoms with Crippen LogP contribution in [0.1, 0.15) is 21.5 Å². The van der Waals surface area contributed by atoms with E-state index in [1.54, 1.807) is 43.5 Å². The van der Waals surface area contributed by atoms with E-state index in [9.17, 15) is 4.79 Å². The van der Waals surface area contributed by atoms with Crippen molar-refractivity contribution in [3.63, 3.8) is 0 Å². The Bertz CT molecular complexity index is 888. The number of carbonyl (C=O) groups excluding carboxylic acids is 1. The van der Waals surface area contributed by atoms with Gasteiger partial charge in [0.2, 0.25) is 5.88 Å². The van der Waals surface area contributed by atoms with Gasteiger partial charge in [-0.1, -0.05) is 12.1 Å². The molecule has 0 fully saturated rings. The Kier molecular flexibility index (Phi) is 4.75. The van der Waals surface area contributed by atoms with Crippen molar-refractivity contribution in [3.05, 3.63) is 71.3 Å². The molecule has 0 saturated heterocycles. The minimum absolute atomic E-state index is 0.161. The molecular weight excluding hydrogens is 316 g/mol. The largest absolute Gasteiger partial charge is 0.497 e. The molecule has 1 aromatic heterocycles. The van der Waals surface area contributed by atoms with Crippen molar-refractivity contribution < 1.29 is 14.3 Å². The van der Waals surface area contributed by atoms with Crippen molar-refractivity contribution in [2.45, 2.75) is 13.8 Å². The number of hydrogen-bond donors (Lipinski definition) is 0. The van der Waals surface area contributed by atoms with Crippen molar-refractivity contribution in [1.29, 1.82) is 0 Å². The second-order valence-corrected chi connectivity index (χ2v) is 5.67. The zero-order valence-electron chi connectivity index (χ0n) is 14.3. The molecule has 1 heterocycles. The molecule has 0 spiro atoms. The Labute approximate surface area is 146 Å². The quantitative estimate of drug-likeness (QED) is 0.675. The SMILES string of the molecule is COc1ccc(C(=O)Oc2ccc(-c3ccc(C)c(C)c3)nn2)cc1. The van der Waals surface area contributed by atoms with Gasteiger partial charge >= 0.3 is 5.97 Å². The number of carbonyl (C=O) groups is 1. The summed E-state index contributed by atoms with van der Waals surface area (Å²) in [6, 6.07) is 16.2. The summed E-state index contributed by atoms with van der Waals surface area (Å²) in [5.74, 6) is 0.346. The molecule has 0 unspecified atom stereocenters. The summed E-state index contributed by atoms with van der Waals surface area (Å²) >= 11 is 0. The molecule has 2 aromatic carbocycles. The van der Waals surface area contributed by atoms with E-state index in [-0.39, 0.29) is 5.88 Å². The fourth-order valence-corrected chi connectivity index (χ4v) is 2.31. The van der Waals surface area contributed by atoms with Gasteiger partial charge in [-0.25, -0.2) is 4.79 Å². The van der Waals surface area contributed by atoms with E-state index < -0.39 is 5.97 Å². The van der Waals surface area contributed by atoms with Crippen LogP contribution in [-0.4, -0.2) is 23.3 Å². The summed E-state index contributed by atoms with van der Waals surface area (Å²) < 4.78 is 10.3. The zero-order chi connectivity index (χ0) is 17.8. The first kappa shape index (κ1) is 16.6. The zero-order valence-corrected chi connectivity index (χ0v) is 14.3. The molecule has 25 heavy (non-hydrogen) atoms. The van der Waals surface area contributed by atoms with E-state index in [1.807, 2.05) is 12.1 Å². The van der Waals surface area contributed by atoms with Crippen molar-refractivity contribution in [3.8, 4) is 22.9 Å². The topological polar surface area (TPSA) is 61.3 Å². The van der Waals surface area contributed by atoms with Gasteiger partial charge in [-0.3, -0.25) is 0 Å². The molecule has 126 valence electrons. The summed E-state index contributed by atoms with van der Waals surface area (Å²) in [7, 11) is 1.57. The lowest BCUT2D eigenvalue weighted by Gasteiger charge is -2.06. The van der Waals surface area contributed by atoms with Crippen LogP contribution in [0.15, 0.2) is 54.6 Å². The highest BCUT2D eigenvalue weighted by molar-refractivity contribution is 5.91. The lowest BCUT2D eigenvalue weighted by molar-refractivity contribution is 0.0726. The van der Waals surface area contributed by atoms with E-state index in [0.717, 1.165) is 11.3 Å². The molecule has 0 aliphatic rings. The standard InChI is InChI=1S/C20H18N2O3/c1-13-4-5-16(12-14(13)2)18-10-11-19(22-21-18)25-20(23)15-6-8-17(24-3)9-7-15/h4-12H,1-3H3. The molecule has 0 bridgehead atoms. The number of aromatic nitrogens is 2. The van der Waals surface area contributed by atoms with Crippen molar-refractivity contribution in [1.82, 2.24) is 10.2 Å². The predicted molar refractivity (Wildman–Crippen MR) is 94.9 cm³/mol. The average molecular weight is 334 g/mol. The van der Waals surface area contributed by atoms with Gasteiger partial charge in [0.1, 0.15) is 5.75 Å². The first-order valence-electron chi connectivity index (χ1n) is 7.84. The lowest BCUT2D eigenvalue weighted by Crippen LogP contribution is -2.09. The van der Waals surface area contributed by atoms with Crippen LogP contribution in [0.5, 0.6) is 11.6 Å². The highest BCUT2D eigenvalue weighted by Crippen LogP contribution is 2.21. The van der Waals surface area contributed by atoms with E-state index in [2.05, 4.69) is 30.1 Å². The second kappa shape index (κ2) is 7.13. The number of aryl methyl sites for hydroxylation is 2. The minimum atomic E-state index is -0.490. The number of hydrogen-bond acceptors (Lipinski definition) is 5. The molecule has 0 aliphatic heterocycles. The maximum absolute atomic E-state index is 12.1. The normalized spacial score (nSPS) is 10.4. The van der Waals surface area contributed by atoms with Crippen LogP contribution < -0.4 is 9.47 Å². The monoisotopic (exact) mass is 334 g/mol. The molecule has 0 amide bonds. The maximum atomic E-state index is 12.1. The molecule has 5 nitrogen and oxygen atoms in total. The van der Waals surface area contributed by atoms with Crippen LogP contribution in [0, 0.1) is 13.8 Å². The summed E-state index contributed by atoms with van der Waals surface area (Å²) in [6.45, 7) is 4.11. The summed E-state index contributed by atoms with van der Waals surface area (Å²) in [4.78, 5) is 12.1. The smallest absolute Gasteiger partial charge is 0.344 e. The van der Waals surface area contributed by atoms with E-state index in [0.29, 0.717) is 11.3 Å². The van der Waals surface area contributed by atoms with Crippen LogP contribution in [-0.2, 0) is 0 Å². The van der Waals surface area contributed by atoms with Crippen molar-refractivity contribution in [2.75, 3.05) is 7.11 Å². The summed E-state index contributed by atoms with van der Waals surface area (Å²) in [5.41, 5.74) is 4.54. The molecule has 0 aliphatic carbocycles. The molecule has 0 N–H and O–H groups in total. The Morgan fingerprint density at radius 1 is 0.880 bits per heavy atom. The van der Waals surface area contributed by atoms with Crippen molar-refractivity contribution in [2.24, 2.45) is 0 Å². The fraction of sp³-hybridized carbons (Fsp3) is 0.150. The molecule has 0 saturated carbocycles. The van der Waals surface area contributed by atoms with Crippen LogP contribution in [0.3, 0.4) is 0 Å². The van der Waals surface area contributed by atoms with Gasteiger partial charge in [-0.15, -0.1) is 10.2 Å². The van der Waals surface area contributed by atoms with Crippen LogP contribution in [0.2, 0.25) is 0 Å². The van der Waals surface area contributed by atoms with Gasteiger partial charge in [0, 0.05) is 11.6 Å². The van der Waals surface area contributed by atoms with Crippen LogP contribution in [0.4, 0.5) is 0 Å². The first-order chi connectivity index (χ1) is 12.1. The molecule has 3 rings (SSSR count). The Balaban J connectivity index is 1.73. The Morgan fingerprint density at radius 2 is 1.64 bits per heavy atom. The lowest BCUT2D eigenvalue weighted by atomic mass is 10.0. The molecule has 5 heteroatoms. The third-order valence-electron chi connectivity index (χ3n) is 3.97. The predicted octanol–water partition coefficient (Wildman–Crippen LogP) is 3.99. The van der Waals surface area contributed by atoms with E-state index in [4.69, 9.17) is 9.47 Å². The van der Waals surface area contributed by atoms with Gasteiger partial charge in [-0.2, -0.15) is 0 Å². The van der Waals surface area contributed by atoms with Gasteiger partial charge in [0.05, 0.1) is 18.4 Å². The Morgan fingerprint density at radius 3 is 2.24 bits per heavy atom. The van der Waals surface area contributed by atoms with E-state index in [1.165, 1.54) is 11.1 Å². The Hall–Kier alpha value is -3.21. The second-order valence-electron chi connectivity index (χ2n) is 5.67. The number of ether oxygens (including phenoxy) is 2. The summed E-state index contributed by atoms with van der Waals surface area (Å²) in [6.07, 6.45) is 0. The van der Waals surface area contributed by atoms with Gasteiger partial charge in [0.25, 0.3) is 0 Å². The molecule has 3 aromatic rings. The highest BCUT2D eigenvalue weighted by Gasteiger charge is 2.10. The third-order valence-corrected chi connectivity index (χ3v) is 3.97.